The summed E-state index contributed by atoms with van der Waals surface area (Å²) >= 11 is 0. The molecule has 112 valence electrons. The summed E-state index contributed by atoms with van der Waals surface area (Å²) in [5.41, 5.74) is 0. The van der Waals surface area contributed by atoms with Gasteiger partial charge in [-0.05, 0) is 19.8 Å². The molecule has 0 saturated carbocycles. The first-order valence-corrected chi connectivity index (χ1v) is 6.69. The van der Waals surface area contributed by atoms with Gasteiger partial charge in [-0.3, -0.25) is 9.59 Å². The van der Waals surface area contributed by atoms with E-state index in [1.807, 2.05) is 13.8 Å². The average Bonchev–Trinajstić information content (AvgIpc) is 2.39. The molecule has 0 aliphatic heterocycles. The van der Waals surface area contributed by atoms with Gasteiger partial charge in [0.1, 0.15) is 0 Å². The monoisotopic (exact) mass is 276 g/mol. The van der Waals surface area contributed by atoms with Crippen molar-refractivity contribution in [1.82, 2.24) is 0 Å². The Bertz CT molecular complexity index is 266. The number of hydrogen-bond donors (Lipinski definition) is 1. The van der Waals surface area contributed by atoms with Crippen LogP contribution in [-0.4, -0.2) is 43.2 Å². The molecule has 1 N–H and O–H groups in total. The summed E-state index contributed by atoms with van der Waals surface area (Å²) in [6.07, 6.45) is 0.0717. The van der Waals surface area contributed by atoms with Crippen molar-refractivity contribution >= 4 is 11.9 Å². The zero-order valence-electron chi connectivity index (χ0n) is 11.9. The first-order valence-electron chi connectivity index (χ1n) is 6.69. The molecule has 0 radical (unpaired) electrons. The molecule has 2 unspecified atom stereocenters. The predicted molar refractivity (Wildman–Crippen MR) is 68.2 cm³/mol. The lowest BCUT2D eigenvalue weighted by molar-refractivity contribution is -0.170. The third kappa shape index (κ3) is 7.79. The van der Waals surface area contributed by atoms with Gasteiger partial charge in [-0.15, -0.1) is 0 Å². The quantitative estimate of drug-likeness (QED) is 0.367. The first-order chi connectivity index (χ1) is 9.06. The van der Waals surface area contributed by atoms with Gasteiger partial charge in [0.25, 0.3) is 0 Å². The van der Waals surface area contributed by atoms with Crippen LogP contribution in [0.1, 0.15) is 40.0 Å². The van der Waals surface area contributed by atoms with Crippen molar-refractivity contribution in [2.24, 2.45) is 5.92 Å². The molecule has 0 spiro atoms. The van der Waals surface area contributed by atoms with Crippen molar-refractivity contribution in [3.8, 4) is 0 Å². The lowest BCUT2D eigenvalue weighted by Crippen LogP contribution is -2.32. The Kier molecular flexibility index (Phi) is 10.1. The van der Waals surface area contributed by atoms with Crippen molar-refractivity contribution < 1.29 is 28.9 Å². The van der Waals surface area contributed by atoms with E-state index in [1.54, 1.807) is 6.92 Å². The summed E-state index contributed by atoms with van der Waals surface area (Å²) in [7, 11) is 0. The number of esters is 2. The Hall–Kier alpha value is -1.14. The minimum Gasteiger partial charge on any atom is -0.465 e. The Morgan fingerprint density at radius 1 is 1.00 bits per heavy atom. The van der Waals surface area contributed by atoms with Crippen LogP contribution in [0.3, 0.4) is 0 Å². The van der Waals surface area contributed by atoms with Gasteiger partial charge in [0, 0.05) is 13.0 Å². The van der Waals surface area contributed by atoms with Gasteiger partial charge in [0.05, 0.1) is 13.2 Å². The van der Waals surface area contributed by atoms with E-state index in [0.29, 0.717) is 13.0 Å². The van der Waals surface area contributed by atoms with E-state index in [9.17, 15) is 14.7 Å². The second kappa shape index (κ2) is 10.8. The normalized spacial score (nSPS) is 13.7. The molecule has 0 saturated heterocycles. The molecule has 0 bridgehead atoms. The number of rotatable bonds is 10. The van der Waals surface area contributed by atoms with E-state index in [2.05, 4.69) is 0 Å². The van der Waals surface area contributed by atoms with Crippen molar-refractivity contribution in [3.63, 3.8) is 0 Å². The van der Waals surface area contributed by atoms with E-state index >= 15 is 0 Å². The van der Waals surface area contributed by atoms with Crippen LogP contribution in [0, 0.1) is 5.92 Å². The van der Waals surface area contributed by atoms with Crippen molar-refractivity contribution in [2.45, 2.75) is 46.3 Å². The number of carbonyl (C=O) groups is 2. The van der Waals surface area contributed by atoms with Crippen molar-refractivity contribution in [1.29, 1.82) is 0 Å². The molecule has 2 atom stereocenters. The Morgan fingerprint density at radius 2 is 1.58 bits per heavy atom. The molecule has 0 amide bonds. The molecule has 0 aromatic rings. The number of aliphatic hydroxyl groups excluding tert-OH is 1. The van der Waals surface area contributed by atoms with Crippen LogP contribution >= 0.6 is 0 Å². The van der Waals surface area contributed by atoms with Gasteiger partial charge < -0.3 is 19.3 Å². The van der Waals surface area contributed by atoms with E-state index in [4.69, 9.17) is 14.2 Å². The zero-order chi connectivity index (χ0) is 14.7. The van der Waals surface area contributed by atoms with E-state index in [1.165, 1.54) is 0 Å². The number of ether oxygens (including phenoxy) is 3. The van der Waals surface area contributed by atoms with Crippen molar-refractivity contribution in [3.05, 3.63) is 0 Å². The minimum absolute atomic E-state index is 0.151. The third-order valence-corrected chi connectivity index (χ3v) is 2.26. The smallest absolute Gasteiger partial charge is 0.320 e. The maximum absolute atomic E-state index is 11.7. The maximum atomic E-state index is 11.7. The highest BCUT2D eigenvalue weighted by Crippen LogP contribution is 2.13. The van der Waals surface area contributed by atoms with Gasteiger partial charge in [0.2, 0.25) is 0 Å². The van der Waals surface area contributed by atoms with Gasteiger partial charge >= 0.3 is 11.9 Å². The molecular formula is C13H24O6. The zero-order valence-corrected chi connectivity index (χ0v) is 11.9. The molecule has 6 heteroatoms. The standard InChI is InChI=1S/C13H24O6/c1-4-7-18-11(14)9-10(12(15)17-6-3)13(16)19-8-5-2/h10-11,14H,4-9H2,1-3H3. The van der Waals surface area contributed by atoms with Crippen LogP contribution in [0.25, 0.3) is 0 Å². The highest BCUT2D eigenvalue weighted by Gasteiger charge is 2.32. The minimum atomic E-state index is -1.18. The van der Waals surface area contributed by atoms with E-state index in [0.717, 1.165) is 6.42 Å². The average molecular weight is 276 g/mol. The van der Waals surface area contributed by atoms with Gasteiger partial charge in [-0.25, -0.2) is 0 Å². The molecule has 0 aliphatic rings. The largest absolute Gasteiger partial charge is 0.465 e. The summed E-state index contributed by atoms with van der Waals surface area (Å²) in [6, 6.07) is 0. The second-order valence-electron chi connectivity index (χ2n) is 4.03. The molecule has 19 heavy (non-hydrogen) atoms. The first kappa shape index (κ1) is 17.9. The van der Waals surface area contributed by atoms with Gasteiger partial charge in [0.15, 0.2) is 12.2 Å². The van der Waals surface area contributed by atoms with Crippen LogP contribution in [0.15, 0.2) is 0 Å². The molecule has 0 fully saturated rings. The van der Waals surface area contributed by atoms with Gasteiger partial charge in [-0.1, -0.05) is 13.8 Å². The molecule has 6 nitrogen and oxygen atoms in total. The Morgan fingerprint density at radius 3 is 2.11 bits per heavy atom. The summed E-state index contributed by atoms with van der Waals surface area (Å²) < 4.78 is 14.8. The van der Waals surface area contributed by atoms with E-state index in [-0.39, 0.29) is 19.6 Å². The predicted octanol–water partition coefficient (Wildman–Crippen LogP) is 1.25. The van der Waals surface area contributed by atoms with E-state index < -0.39 is 24.1 Å². The Balaban J connectivity index is 4.48. The fourth-order valence-corrected chi connectivity index (χ4v) is 1.36. The Labute approximate surface area is 114 Å². The fraction of sp³-hybridized carbons (Fsp3) is 0.846. The molecule has 0 aromatic carbocycles. The van der Waals surface area contributed by atoms with Crippen LogP contribution in [0.4, 0.5) is 0 Å². The topological polar surface area (TPSA) is 82.1 Å². The molecule has 0 heterocycles. The fourth-order valence-electron chi connectivity index (χ4n) is 1.36. The SMILES string of the molecule is CCCOC(=O)C(CC(O)OCCC)C(=O)OCC. The molecule has 0 aromatic heterocycles. The number of hydrogen-bond acceptors (Lipinski definition) is 6. The third-order valence-electron chi connectivity index (χ3n) is 2.26. The molecule has 0 rings (SSSR count). The number of aliphatic hydroxyl groups is 1. The van der Waals surface area contributed by atoms with Crippen LogP contribution < -0.4 is 0 Å². The summed E-state index contributed by atoms with van der Waals surface area (Å²) in [4.78, 5) is 23.4. The van der Waals surface area contributed by atoms with Crippen LogP contribution in [0.5, 0.6) is 0 Å². The molecule has 0 aliphatic carbocycles. The summed E-state index contributed by atoms with van der Waals surface area (Å²) in [5.74, 6) is -2.51. The van der Waals surface area contributed by atoms with Crippen LogP contribution in [-0.2, 0) is 23.8 Å². The highest BCUT2D eigenvalue weighted by molar-refractivity contribution is 5.94. The lowest BCUT2D eigenvalue weighted by atomic mass is 10.1. The van der Waals surface area contributed by atoms with Crippen molar-refractivity contribution in [2.75, 3.05) is 19.8 Å². The summed E-state index contributed by atoms with van der Waals surface area (Å²) in [5, 5.41) is 9.60. The lowest BCUT2D eigenvalue weighted by Gasteiger charge is -2.18. The molecular weight excluding hydrogens is 252 g/mol. The highest BCUT2D eigenvalue weighted by atomic mass is 16.6. The van der Waals surface area contributed by atoms with Crippen LogP contribution in [0.2, 0.25) is 0 Å². The number of carbonyl (C=O) groups excluding carboxylic acids is 2. The van der Waals surface area contributed by atoms with Gasteiger partial charge in [-0.2, -0.15) is 0 Å². The maximum Gasteiger partial charge on any atom is 0.320 e. The summed E-state index contributed by atoms with van der Waals surface area (Å²) in [6.45, 7) is 6.16. The second-order valence-corrected chi connectivity index (χ2v) is 4.03.